The van der Waals surface area contributed by atoms with Crippen molar-refractivity contribution in [1.29, 1.82) is 0 Å². The number of pyridine rings is 1. The number of nitrogens with zero attached hydrogens (tertiary/aromatic N) is 1. The lowest BCUT2D eigenvalue weighted by molar-refractivity contribution is 0.578. The second kappa shape index (κ2) is 10.2. The van der Waals surface area contributed by atoms with E-state index in [4.69, 9.17) is 4.42 Å². The predicted molar refractivity (Wildman–Crippen MR) is 139 cm³/mol. The lowest BCUT2D eigenvalue weighted by atomic mass is 10.1. The van der Waals surface area contributed by atoms with Crippen molar-refractivity contribution in [1.82, 2.24) is 14.9 Å². The molecule has 7 heteroatoms. The lowest BCUT2D eigenvalue weighted by Crippen LogP contribution is -2.23. The number of anilines is 1. The maximum atomic E-state index is 13.5. The molecule has 3 heterocycles. The number of hydrogen-bond donors (Lipinski definition) is 3. The summed E-state index contributed by atoms with van der Waals surface area (Å²) >= 11 is 0. The van der Waals surface area contributed by atoms with Gasteiger partial charge in [-0.3, -0.25) is 9.36 Å². The van der Waals surface area contributed by atoms with Crippen LogP contribution in [0.25, 0.3) is 27.6 Å². The number of fused-ring (bicyclic) bond motifs is 2. The number of H-pyrrole nitrogens is 1. The summed E-state index contributed by atoms with van der Waals surface area (Å²) < 4.78 is 20.7. The highest BCUT2D eigenvalue weighted by Gasteiger charge is 2.09. The van der Waals surface area contributed by atoms with Gasteiger partial charge in [0.05, 0.1) is 5.39 Å². The van der Waals surface area contributed by atoms with Gasteiger partial charge in [0.1, 0.15) is 17.2 Å². The second-order valence-corrected chi connectivity index (χ2v) is 8.81. The average Bonchev–Trinajstić information content (AvgIpc) is 3.44. The van der Waals surface area contributed by atoms with E-state index in [1.54, 1.807) is 29.0 Å². The highest BCUT2D eigenvalue weighted by atomic mass is 19.1. The van der Waals surface area contributed by atoms with Crippen molar-refractivity contribution in [2.75, 3.05) is 25.0 Å². The molecule has 35 heavy (non-hydrogen) atoms. The molecule has 0 radical (unpaired) electrons. The largest absolute Gasteiger partial charge is 0.461 e. The number of aryl methyl sites for hydroxylation is 2. The standard InChI is InChI=1S/C28H29FN4O2/c1-19-16-25-27(35-19)11-15-33(28(25)34)23-8-6-22(7-9-23)31-14-13-30-12-3-2-4-20-18-32-26-10-5-21(29)17-24(20)26/h5-11,15-18,30-32H,2-4,12-14H2,1H3. The Morgan fingerprint density at radius 2 is 1.83 bits per heavy atom. The summed E-state index contributed by atoms with van der Waals surface area (Å²) in [5, 5.41) is 8.44. The number of aromatic amines is 1. The zero-order chi connectivity index (χ0) is 24.2. The van der Waals surface area contributed by atoms with Crippen LogP contribution in [-0.4, -0.2) is 29.2 Å². The van der Waals surface area contributed by atoms with Crippen LogP contribution in [0, 0.1) is 12.7 Å². The van der Waals surface area contributed by atoms with Crippen molar-refractivity contribution >= 4 is 27.6 Å². The Bertz CT molecular complexity index is 1500. The van der Waals surface area contributed by atoms with Gasteiger partial charge in [-0.05, 0) is 92.9 Å². The molecule has 0 fully saturated rings. The van der Waals surface area contributed by atoms with E-state index in [2.05, 4.69) is 15.6 Å². The predicted octanol–water partition coefficient (Wildman–Crippen LogP) is 5.54. The van der Waals surface area contributed by atoms with Crippen LogP contribution in [0.2, 0.25) is 0 Å². The Labute approximate surface area is 202 Å². The SMILES string of the molecule is Cc1cc2c(=O)n(-c3ccc(NCCNCCCCc4c[nH]c5ccc(F)cc45)cc3)ccc2o1. The van der Waals surface area contributed by atoms with Gasteiger partial charge in [-0.2, -0.15) is 0 Å². The minimum absolute atomic E-state index is 0.0823. The van der Waals surface area contributed by atoms with Crippen molar-refractivity contribution in [3.8, 4) is 5.69 Å². The fourth-order valence-electron chi connectivity index (χ4n) is 4.45. The molecule has 0 aliphatic carbocycles. The third-order valence-electron chi connectivity index (χ3n) is 6.26. The van der Waals surface area contributed by atoms with Gasteiger partial charge in [0.25, 0.3) is 5.56 Å². The molecule has 3 aromatic heterocycles. The summed E-state index contributed by atoms with van der Waals surface area (Å²) in [6, 6.07) is 16.3. The Morgan fingerprint density at radius 3 is 2.69 bits per heavy atom. The first-order chi connectivity index (χ1) is 17.1. The Balaban J connectivity index is 1.04. The molecule has 0 saturated heterocycles. The van der Waals surface area contributed by atoms with Gasteiger partial charge in [-0.25, -0.2) is 4.39 Å². The third kappa shape index (κ3) is 5.15. The van der Waals surface area contributed by atoms with Crippen LogP contribution in [0.1, 0.15) is 24.2 Å². The minimum Gasteiger partial charge on any atom is -0.461 e. The lowest BCUT2D eigenvalue weighted by Gasteiger charge is -2.10. The van der Waals surface area contributed by atoms with Crippen LogP contribution >= 0.6 is 0 Å². The van der Waals surface area contributed by atoms with Gasteiger partial charge in [0.15, 0.2) is 0 Å². The van der Waals surface area contributed by atoms with E-state index in [-0.39, 0.29) is 11.4 Å². The van der Waals surface area contributed by atoms with Gasteiger partial charge < -0.3 is 20.0 Å². The molecule has 0 aliphatic rings. The maximum absolute atomic E-state index is 13.5. The molecule has 0 atom stereocenters. The molecule has 6 nitrogen and oxygen atoms in total. The molecule has 3 N–H and O–H groups in total. The van der Waals surface area contributed by atoms with Crippen LogP contribution in [0.5, 0.6) is 0 Å². The second-order valence-electron chi connectivity index (χ2n) is 8.81. The summed E-state index contributed by atoms with van der Waals surface area (Å²) in [4.78, 5) is 16.0. The third-order valence-corrected chi connectivity index (χ3v) is 6.26. The quantitative estimate of drug-likeness (QED) is 0.233. The smallest absolute Gasteiger partial charge is 0.266 e. The highest BCUT2D eigenvalue weighted by Crippen LogP contribution is 2.21. The fourth-order valence-corrected chi connectivity index (χ4v) is 4.45. The number of hydrogen-bond acceptors (Lipinski definition) is 4. The normalized spacial score (nSPS) is 11.5. The molecule has 0 saturated carbocycles. The average molecular weight is 473 g/mol. The van der Waals surface area contributed by atoms with Crippen molar-refractivity contribution < 1.29 is 8.81 Å². The first kappa shape index (κ1) is 22.9. The topological polar surface area (TPSA) is 75.0 Å². The Morgan fingerprint density at radius 1 is 0.971 bits per heavy atom. The van der Waals surface area contributed by atoms with E-state index in [9.17, 15) is 9.18 Å². The molecule has 5 rings (SSSR count). The van der Waals surface area contributed by atoms with Crippen LogP contribution in [0.15, 0.2) is 76.2 Å². The number of benzene rings is 2. The van der Waals surface area contributed by atoms with Crippen molar-refractivity contribution in [2.24, 2.45) is 0 Å². The van der Waals surface area contributed by atoms with E-state index in [1.807, 2.05) is 43.5 Å². The highest BCUT2D eigenvalue weighted by molar-refractivity contribution is 5.83. The number of halogens is 1. The first-order valence-corrected chi connectivity index (χ1v) is 12.0. The van der Waals surface area contributed by atoms with Gasteiger partial charge >= 0.3 is 0 Å². The molecule has 0 bridgehead atoms. The van der Waals surface area contributed by atoms with Crippen LogP contribution in [0.3, 0.4) is 0 Å². The summed E-state index contributed by atoms with van der Waals surface area (Å²) in [6.07, 6.45) is 6.78. The molecule has 0 aliphatic heterocycles. The fraction of sp³-hybridized carbons (Fsp3) is 0.250. The summed E-state index contributed by atoms with van der Waals surface area (Å²) in [6.45, 7) is 4.45. The number of unbranched alkanes of at least 4 members (excludes halogenated alkanes) is 1. The molecular formula is C28H29FN4O2. The van der Waals surface area contributed by atoms with E-state index < -0.39 is 0 Å². The van der Waals surface area contributed by atoms with Crippen LogP contribution < -0.4 is 16.2 Å². The number of aromatic nitrogens is 2. The van der Waals surface area contributed by atoms with Gasteiger partial charge in [0, 0.05) is 47.8 Å². The number of rotatable bonds is 10. The Kier molecular flexibility index (Phi) is 6.68. The molecule has 0 amide bonds. The zero-order valence-corrected chi connectivity index (χ0v) is 19.7. The van der Waals surface area contributed by atoms with E-state index >= 15 is 0 Å². The minimum atomic E-state index is -0.193. The number of furan rings is 1. The van der Waals surface area contributed by atoms with Crippen molar-refractivity contribution in [3.05, 3.63) is 94.5 Å². The monoisotopic (exact) mass is 472 g/mol. The first-order valence-electron chi connectivity index (χ1n) is 12.0. The van der Waals surface area contributed by atoms with Crippen LogP contribution in [-0.2, 0) is 6.42 Å². The molecule has 0 spiro atoms. The molecular weight excluding hydrogens is 443 g/mol. The van der Waals surface area contributed by atoms with Crippen molar-refractivity contribution in [3.63, 3.8) is 0 Å². The summed E-state index contributed by atoms with van der Waals surface area (Å²) in [7, 11) is 0. The summed E-state index contributed by atoms with van der Waals surface area (Å²) in [5.41, 5.74) is 4.52. The molecule has 0 unspecified atom stereocenters. The zero-order valence-electron chi connectivity index (χ0n) is 19.7. The molecule has 180 valence electrons. The van der Waals surface area contributed by atoms with Gasteiger partial charge in [-0.15, -0.1) is 0 Å². The van der Waals surface area contributed by atoms with Gasteiger partial charge in [0.2, 0.25) is 0 Å². The van der Waals surface area contributed by atoms with Crippen LogP contribution in [0.4, 0.5) is 10.1 Å². The van der Waals surface area contributed by atoms with E-state index in [1.165, 1.54) is 11.6 Å². The maximum Gasteiger partial charge on any atom is 0.266 e. The van der Waals surface area contributed by atoms with E-state index in [0.717, 1.165) is 66.9 Å². The summed E-state index contributed by atoms with van der Waals surface area (Å²) in [5.74, 6) is 0.538. The van der Waals surface area contributed by atoms with Crippen molar-refractivity contribution in [2.45, 2.75) is 26.2 Å². The Hall–Kier alpha value is -3.84. The molecule has 2 aromatic carbocycles. The van der Waals surface area contributed by atoms with Gasteiger partial charge in [-0.1, -0.05) is 0 Å². The number of nitrogens with one attached hydrogen (secondary N) is 3. The molecule has 5 aromatic rings. The van der Waals surface area contributed by atoms with E-state index in [0.29, 0.717) is 11.0 Å².